The van der Waals surface area contributed by atoms with Gasteiger partial charge in [-0.3, -0.25) is 4.79 Å². The third kappa shape index (κ3) is 4.19. The number of aliphatic hydroxyl groups excluding tert-OH is 1. The van der Waals surface area contributed by atoms with E-state index in [-0.39, 0.29) is 17.3 Å². The molecule has 1 atom stereocenters. The van der Waals surface area contributed by atoms with Gasteiger partial charge in [0, 0.05) is 12.1 Å². The number of benzene rings is 2. The monoisotopic (exact) mass is 348 g/mol. The first-order chi connectivity index (χ1) is 11.3. The fourth-order valence-electron chi connectivity index (χ4n) is 2.27. The van der Waals surface area contributed by atoms with Gasteiger partial charge in [-0.05, 0) is 49.4 Å². The fraction of sp³-hybridized carbons (Fsp3) is 0.235. The van der Waals surface area contributed by atoms with Crippen molar-refractivity contribution >= 4 is 15.9 Å². The van der Waals surface area contributed by atoms with Crippen molar-refractivity contribution in [3.8, 4) is 0 Å². The van der Waals surface area contributed by atoms with Gasteiger partial charge in [-0.1, -0.05) is 24.3 Å². The third-order valence-electron chi connectivity index (χ3n) is 3.70. The molecular formula is C17H20N2O4S. The summed E-state index contributed by atoms with van der Waals surface area (Å²) in [5, 5.41) is 12.8. The van der Waals surface area contributed by atoms with Gasteiger partial charge >= 0.3 is 0 Å². The van der Waals surface area contributed by atoms with Gasteiger partial charge in [-0.2, -0.15) is 0 Å². The Morgan fingerprint density at radius 2 is 1.75 bits per heavy atom. The van der Waals surface area contributed by atoms with Gasteiger partial charge < -0.3 is 10.4 Å². The lowest BCUT2D eigenvalue weighted by Crippen LogP contribution is -2.28. The molecule has 2 aromatic rings. The Bertz CT molecular complexity index is 817. The molecule has 1 unspecified atom stereocenters. The fourth-order valence-corrected chi connectivity index (χ4v) is 3.00. The van der Waals surface area contributed by atoms with Gasteiger partial charge in [-0.25, -0.2) is 13.1 Å². The Morgan fingerprint density at radius 3 is 2.33 bits per heavy atom. The third-order valence-corrected chi connectivity index (χ3v) is 5.13. The molecule has 0 radical (unpaired) electrons. The number of aliphatic hydroxyl groups is 1. The maximum absolute atomic E-state index is 12.1. The number of nitrogens with one attached hydrogen (secondary N) is 2. The topological polar surface area (TPSA) is 95.5 Å². The van der Waals surface area contributed by atoms with Crippen molar-refractivity contribution in [2.75, 3.05) is 13.6 Å². The molecule has 0 saturated carbocycles. The molecule has 0 aliphatic carbocycles. The summed E-state index contributed by atoms with van der Waals surface area (Å²) >= 11 is 0. The number of aryl methyl sites for hydroxylation is 1. The van der Waals surface area contributed by atoms with Crippen LogP contribution in [0.4, 0.5) is 0 Å². The number of sulfonamides is 1. The predicted molar refractivity (Wildman–Crippen MR) is 91.2 cm³/mol. The Balaban J connectivity index is 2.01. The van der Waals surface area contributed by atoms with E-state index in [4.69, 9.17) is 0 Å². The minimum Gasteiger partial charge on any atom is -0.387 e. The molecule has 0 aliphatic rings. The van der Waals surface area contributed by atoms with Crippen LogP contribution in [0.25, 0.3) is 0 Å². The van der Waals surface area contributed by atoms with E-state index in [1.165, 1.54) is 31.3 Å². The molecule has 7 heteroatoms. The van der Waals surface area contributed by atoms with Gasteiger partial charge in [0.15, 0.2) is 0 Å². The van der Waals surface area contributed by atoms with Crippen LogP contribution in [0.1, 0.15) is 27.6 Å². The minimum atomic E-state index is -3.53. The van der Waals surface area contributed by atoms with E-state index in [0.717, 1.165) is 11.1 Å². The number of hydrogen-bond donors (Lipinski definition) is 3. The molecule has 2 aromatic carbocycles. The average molecular weight is 348 g/mol. The summed E-state index contributed by atoms with van der Waals surface area (Å²) in [5.41, 5.74) is 2.02. The van der Waals surface area contributed by atoms with Crippen molar-refractivity contribution in [3.05, 3.63) is 65.2 Å². The maximum atomic E-state index is 12.1. The number of amides is 1. The lowest BCUT2D eigenvalue weighted by atomic mass is 10.0. The zero-order valence-corrected chi connectivity index (χ0v) is 14.3. The van der Waals surface area contributed by atoms with Crippen LogP contribution in [0.5, 0.6) is 0 Å². The van der Waals surface area contributed by atoms with Crippen LogP contribution in [-0.4, -0.2) is 33.0 Å². The highest BCUT2D eigenvalue weighted by Gasteiger charge is 2.14. The average Bonchev–Trinajstić information content (AvgIpc) is 2.60. The Kier molecular flexibility index (Phi) is 5.71. The predicted octanol–water partition coefficient (Wildman–Crippen LogP) is 1.37. The smallest absolute Gasteiger partial charge is 0.251 e. The van der Waals surface area contributed by atoms with Crippen LogP contribution >= 0.6 is 0 Å². The first kappa shape index (κ1) is 18.1. The highest BCUT2D eigenvalue weighted by molar-refractivity contribution is 7.89. The van der Waals surface area contributed by atoms with E-state index < -0.39 is 16.1 Å². The van der Waals surface area contributed by atoms with Gasteiger partial charge in [0.1, 0.15) is 0 Å². The lowest BCUT2D eigenvalue weighted by molar-refractivity contribution is 0.0916. The van der Waals surface area contributed by atoms with Crippen molar-refractivity contribution < 1.29 is 18.3 Å². The second kappa shape index (κ2) is 7.57. The van der Waals surface area contributed by atoms with Crippen LogP contribution in [0.3, 0.4) is 0 Å². The van der Waals surface area contributed by atoms with Crippen LogP contribution in [0.2, 0.25) is 0 Å². The zero-order valence-electron chi connectivity index (χ0n) is 13.5. The normalized spacial score (nSPS) is 12.6. The summed E-state index contributed by atoms with van der Waals surface area (Å²) in [7, 11) is -2.21. The van der Waals surface area contributed by atoms with Crippen molar-refractivity contribution in [1.82, 2.24) is 10.0 Å². The number of carbonyl (C=O) groups excluding carboxylic acids is 1. The first-order valence-corrected chi connectivity index (χ1v) is 8.89. The largest absolute Gasteiger partial charge is 0.387 e. The van der Waals surface area contributed by atoms with Crippen molar-refractivity contribution in [3.63, 3.8) is 0 Å². The first-order valence-electron chi connectivity index (χ1n) is 7.40. The van der Waals surface area contributed by atoms with Crippen LogP contribution < -0.4 is 10.0 Å². The van der Waals surface area contributed by atoms with E-state index in [1.54, 1.807) is 0 Å². The molecule has 0 fully saturated rings. The molecular weight excluding hydrogens is 328 g/mol. The van der Waals surface area contributed by atoms with Gasteiger partial charge in [0.25, 0.3) is 5.91 Å². The van der Waals surface area contributed by atoms with Crippen molar-refractivity contribution in [2.45, 2.75) is 17.9 Å². The maximum Gasteiger partial charge on any atom is 0.251 e. The van der Waals surface area contributed by atoms with Gasteiger partial charge in [-0.15, -0.1) is 0 Å². The van der Waals surface area contributed by atoms with E-state index >= 15 is 0 Å². The summed E-state index contributed by atoms with van der Waals surface area (Å²) in [6.07, 6.45) is -0.806. The highest BCUT2D eigenvalue weighted by Crippen LogP contribution is 2.16. The lowest BCUT2D eigenvalue weighted by Gasteiger charge is -2.14. The Morgan fingerprint density at radius 1 is 1.12 bits per heavy atom. The molecule has 6 nitrogen and oxygen atoms in total. The van der Waals surface area contributed by atoms with E-state index in [9.17, 15) is 18.3 Å². The summed E-state index contributed by atoms with van der Waals surface area (Å²) in [5.74, 6) is -0.379. The van der Waals surface area contributed by atoms with Crippen LogP contribution in [-0.2, 0) is 10.0 Å². The molecule has 0 spiro atoms. The molecule has 1 amide bonds. The molecule has 0 aromatic heterocycles. The summed E-state index contributed by atoms with van der Waals surface area (Å²) in [6, 6.07) is 13.0. The molecule has 128 valence electrons. The molecule has 2 rings (SSSR count). The van der Waals surface area contributed by atoms with Crippen molar-refractivity contribution in [2.24, 2.45) is 0 Å². The molecule has 0 aliphatic heterocycles. The SMILES string of the molecule is CNS(=O)(=O)c1ccc(C(=O)NCC(O)c2ccccc2C)cc1. The second-order valence-electron chi connectivity index (χ2n) is 5.31. The van der Waals surface area contributed by atoms with E-state index in [1.807, 2.05) is 31.2 Å². The van der Waals surface area contributed by atoms with Crippen molar-refractivity contribution in [1.29, 1.82) is 0 Å². The number of carbonyl (C=O) groups is 1. The molecule has 0 bridgehead atoms. The highest BCUT2D eigenvalue weighted by atomic mass is 32.2. The number of hydrogen-bond acceptors (Lipinski definition) is 4. The zero-order chi connectivity index (χ0) is 17.7. The molecule has 0 heterocycles. The second-order valence-corrected chi connectivity index (χ2v) is 7.20. The minimum absolute atomic E-state index is 0.0697. The van der Waals surface area contributed by atoms with Crippen LogP contribution in [0.15, 0.2) is 53.4 Å². The standard InChI is InChI=1S/C17H20N2O4S/c1-12-5-3-4-6-15(12)16(20)11-19-17(21)13-7-9-14(10-8-13)24(22,23)18-2/h3-10,16,18,20H,11H2,1-2H3,(H,19,21). The molecule has 24 heavy (non-hydrogen) atoms. The van der Waals surface area contributed by atoms with E-state index in [0.29, 0.717) is 5.56 Å². The summed E-state index contributed by atoms with van der Waals surface area (Å²) in [6.45, 7) is 1.96. The summed E-state index contributed by atoms with van der Waals surface area (Å²) in [4.78, 5) is 12.2. The van der Waals surface area contributed by atoms with Gasteiger partial charge in [0.2, 0.25) is 10.0 Å². The quantitative estimate of drug-likeness (QED) is 0.735. The van der Waals surface area contributed by atoms with Gasteiger partial charge in [0.05, 0.1) is 11.0 Å². The number of rotatable bonds is 6. The molecule has 0 saturated heterocycles. The Labute approximate surface area is 141 Å². The Hall–Kier alpha value is -2.22. The van der Waals surface area contributed by atoms with Crippen LogP contribution in [0, 0.1) is 6.92 Å². The summed E-state index contributed by atoms with van der Waals surface area (Å²) < 4.78 is 25.5. The molecule has 3 N–H and O–H groups in total. The van der Waals surface area contributed by atoms with E-state index in [2.05, 4.69) is 10.0 Å².